The Kier molecular flexibility index (Phi) is 6.36. The Labute approximate surface area is 155 Å². The normalized spacial score (nSPS) is 24.3. The molecule has 1 aromatic heterocycles. The summed E-state index contributed by atoms with van der Waals surface area (Å²) in [5.41, 5.74) is 1.53. The lowest BCUT2D eigenvalue weighted by Gasteiger charge is -2.24. The molecule has 23 heavy (non-hydrogen) atoms. The number of likely N-dealkylation sites (tertiary alicyclic amines) is 1. The monoisotopic (exact) mass is 433 g/mol. The lowest BCUT2D eigenvalue weighted by atomic mass is 9.87. The summed E-state index contributed by atoms with van der Waals surface area (Å²) in [6.45, 7) is 11.6. The van der Waals surface area contributed by atoms with Crippen molar-refractivity contribution in [2.45, 2.75) is 40.2 Å². The zero-order valence-corrected chi connectivity index (χ0v) is 16.7. The van der Waals surface area contributed by atoms with Gasteiger partial charge in [0, 0.05) is 37.2 Å². The Morgan fingerprint density at radius 2 is 2.22 bits per heavy atom. The van der Waals surface area contributed by atoms with Crippen LogP contribution in [0, 0.1) is 19.3 Å². The zero-order chi connectivity index (χ0) is 15.6. The number of ether oxygens (including phenoxy) is 1. The maximum Gasteiger partial charge on any atom is 0.194 e. The highest BCUT2D eigenvalue weighted by molar-refractivity contribution is 14.0. The van der Waals surface area contributed by atoms with E-state index in [2.05, 4.69) is 23.2 Å². The summed E-state index contributed by atoms with van der Waals surface area (Å²) in [4.78, 5) is 7.21. The van der Waals surface area contributed by atoms with Gasteiger partial charge in [-0.05, 0) is 39.7 Å². The van der Waals surface area contributed by atoms with E-state index < -0.39 is 0 Å². The van der Waals surface area contributed by atoms with Crippen LogP contribution in [-0.4, -0.2) is 43.7 Å². The van der Waals surface area contributed by atoms with Crippen LogP contribution in [0.3, 0.4) is 0 Å². The Balaban J connectivity index is 0.00000192. The number of guanidine groups is 1. The molecule has 6 heteroatoms. The predicted molar refractivity (Wildman–Crippen MR) is 102 cm³/mol. The van der Waals surface area contributed by atoms with Gasteiger partial charge >= 0.3 is 0 Å². The molecule has 0 aliphatic carbocycles. The van der Waals surface area contributed by atoms with Crippen molar-refractivity contribution < 1.29 is 9.15 Å². The molecule has 1 aromatic rings. The summed E-state index contributed by atoms with van der Waals surface area (Å²) in [6, 6.07) is 2.08. The van der Waals surface area contributed by atoms with Crippen LogP contribution in [0.5, 0.6) is 0 Å². The average Bonchev–Trinajstić information content (AvgIpc) is 3.19. The van der Waals surface area contributed by atoms with Crippen LogP contribution in [0.2, 0.25) is 0 Å². The molecule has 0 amide bonds. The van der Waals surface area contributed by atoms with Crippen LogP contribution in [0.25, 0.3) is 0 Å². The Hall–Kier alpha value is -0.760. The van der Waals surface area contributed by atoms with Gasteiger partial charge in [-0.15, -0.1) is 24.0 Å². The number of hydrogen-bond donors (Lipinski definition) is 1. The van der Waals surface area contributed by atoms with Crippen molar-refractivity contribution in [2.75, 3.05) is 32.8 Å². The molecule has 2 aliphatic heterocycles. The zero-order valence-electron chi connectivity index (χ0n) is 14.4. The second-order valence-electron chi connectivity index (χ2n) is 6.58. The second-order valence-corrected chi connectivity index (χ2v) is 6.58. The third-order valence-electron chi connectivity index (χ3n) is 4.80. The number of nitrogens with one attached hydrogen (secondary N) is 1. The summed E-state index contributed by atoms with van der Waals surface area (Å²) in [5, 5.41) is 3.43. The fraction of sp³-hybridized carbons (Fsp3) is 0.706. The maximum absolute atomic E-state index is 5.62. The van der Waals surface area contributed by atoms with Crippen molar-refractivity contribution in [3.8, 4) is 0 Å². The highest BCUT2D eigenvalue weighted by Crippen LogP contribution is 2.38. The summed E-state index contributed by atoms with van der Waals surface area (Å²) in [5.74, 6) is 2.94. The van der Waals surface area contributed by atoms with Gasteiger partial charge in [-0.3, -0.25) is 0 Å². The topological polar surface area (TPSA) is 50.0 Å². The molecular formula is C17H28IN3O2. The molecule has 3 heterocycles. The van der Waals surface area contributed by atoms with E-state index in [0.717, 1.165) is 50.3 Å². The van der Waals surface area contributed by atoms with E-state index >= 15 is 0 Å². The first kappa shape index (κ1) is 18.6. The highest BCUT2D eigenvalue weighted by atomic mass is 127. The Morgan fingerprint density at radius 3 is 2.83 bits per heavy atom. The van der Waals surface area contributed by atoms with Crippen molar-refractivity contribution in [1.82, 2.24) is 10.2 Å². The minimum Gasteiger partial charge on any atom is -0.466 e. The average molecular weight is 433 g/mol. The molecule has 0 radical (unpaired) electrons. The number of aryl methyl sites for hydroxylation is 2. The summed E-state index contributed by atoms with van der Waals surface area (Å²) in [6.07, 6.45) is 2.39. The van der Waals surface area contributed by atoms with Crippen molar-refractivity contribution >= 4 is 29.9 Å². The van der Waals surface area contributed by atoms with Crippen LogP contribution in [0.4, 0.5) is 0 Å². The molecule has 1 atom stereocenters. The molecule has 0 saturated carbocycles. The summed E-state index contributed by atoms with van der Waals surface area (Å²) < 4.78 is 11.2. The molecular weight excluding hydrogens is 405 g/mol. The fourth-order valence-corrected chi connectivity index (χ4v) is 3.51. The van der Waals surface area contributed by atoms with Crippen LogP contribution in [0.1, 0.15) is 36.8 Å². The van der Waals surface area contributed by atoms with Crippen molar-refractivity contribution in [3.05, 3.63) is 23.2 Å². The smallest absolute Gasteiger partial charge is 0.194 e. The van der Waals surface area contributed by atoms with Gasteiger partial charge in [-0.2, -0.15) is 0 Å². The lowest BCUT2D eigenvalue weighted by Crippen LogP contribution is -2.41. The Morgan fingerprint density at radius 1 is 1.39 bits per heavy atom. The quantitative estimate of drug-likeness (QED) is 0.452. The Bertz CT molecular complexity index is 550. The number of furan rings is 1. The van der Waals surface area contributed by atoms with Crippen molar-refractivity contribution in [2.24, 2.45) is 10.4 Å². The largest absolute Gasteiger partial charge is 0.466 e. The van der Waals surface area contributed by atoms with Gasteiger partial charge < -0.3 is 19.4 Å². The van der Waals surface area contributed by atoms with E-state index in [4.69, 9.17) is 14.1 Å². The third-order valence-corrected chi connectivity index (χ3v) is 4.80. The van der Waals surface area contributed by atoms with E-state index in [9.17, 15) is 0 Å². The third kappa shape index (κ3) is 4.21. The SMILES string of the molecule is CCNC(=NCc1cc(C)oc1C)N1CCC2(CCOC2)C1.I. The van der Waals surface area contributed by atoms with Crippen molar-refractivity contribution in [1.29, 1.82) is 0 Å². The molecule has 2 aliphatic rings. The molecule has 1 unspecified atom stereocenters. The van der Waals surface area contributed by atoms with E-state index in [1.807, 2.05) is 13.8 Å². The second kappa shape index (κ2) is 7.88. The van der Waals surface area contributed by atoms with E-state index in [1.54, 1.807) is 0 Å². The lowest BCUT2D eigenvalue weighted by molar-refractivity contribution is 0.156. The van der Waals surface area contributed by atoms with Gasteiger partial charge in [0.05, 0.1) is 13.2 Å². The van der Waals surface area contributed by atoms with E-state index in [0.29, 0.717) is 12.0 Å². The summed E-state index contributed by atoms with van der Waals surface area (Å²) in [7, 11) is 0. The molecule has 5 nitrogen and oxygen atoms in total. The van der Waals surface area contributed by atoms with Crippen LogP contribution in [0.15, 0.2) is 15.5 Å². The minimum atomic E-state index is 0. The number of rotatable bonds is 3. The van der Waals surface area contributed by atoms with Gasteiger partial charge in [0.25, 0.3) is 0 Å². The number of halogens is 1. The minimum absolute atomic E-state index is 0. The van der Waals surface area contributed by atoms with Gasteiger partial charge in [0.15, 0.2) is 5.96 Å². The van der Waals surface area contributed by atoms with Gasteiger partial charge in [-0.25, -0.2) is 4.99 Å². The summed E-state index contributed by atoms with van der Waals surface area (Å²) >= 11 is 0. The van der Waals surface area contributed by atoms with Crippen LogP contribution < -0.4 is 5.32 Å². The first-order chi connectivity index (χ1) is 10.6. The fourth-order valence-electron chi connectivity index (χ4n) is 3.51. The molecule has 3 rings (SSSR count). The molecule has 1 N–H and O–H groups in total. The van der Waals surface area contributed by atoms with Gasteiger partial charge in [0.1, 0.15) is 11.5 Å². The predicted octanol–water partition coefficient (Wildman–Crippen LogP) is 3.09. The number of nitrogens with zero attached hydrogens (tertiary/aromatic N) is 2. The first-order valence-corrected chi connectivity index (χ1v) is 8.29. The van der Waals surface area contributed by atoms with Crippen molar-refractivity contribution in [3.63, 3.8) is 0 Å². The molecule has 1 spiro atoms. The molecule has 130 valence electrons. The molecule has 0 aromatic carbocycles. The van der Waals surface area contributed by atoms with Gasteiger partial charge in [-0.1, -0.05) is 0 Å². The molecule has 2 fully saturated rings. The number of aliphatic imine (C=N–C) groups is 1. The van der Waals surface area contributed by atoms with Gasteiger partial charge in [0.2, 0.25) is 0 Å². The molecule has 2 saturated heterocycles. The van der Waals surface area contributed by atoms with Crippen LogP contribution in [-0.2, 0) is 11.3 Å². The number of hydrogen-bond acceptors (Lipinski definition) is 3. The first-order valence-electron chi connectivity index (χ1n) is 8.29. The highest BCUT2D eigenvalue weighted by Gasteiger charge is 2.42. The van der Waals surface area contributed by atoms with E-state index in [1.165, 1.54) is 18.4 Å². The molecule has 0 bridgehead atoms. The van der Waals surface area contributed by atoms with Crippen LogP contribution >= 0.6 is 24.0 Å². The maximum atomic E-state index is 5.62. The standard InChI is InChI=1S/C17H27N3O2.HI/c1-4-18-16(19-10-15-9-13(2)22-14(15)3)20-7-5-17(11-20)6-8-21-12-17;/h9H,4-8,10-12H2,1-3H3,(H,18,19);1H. The van der Waals surface area contributed by atoms with E-state index in [-0.39, 0.29) is 24.0 Å².